The van der Waals surface area contributed by atoms with Crippen molar-refractivity contribution in [2.75, 3.05) is 18.9 Å². The number of hydrogen-bond donors (Lipinski definition) is 1. The summed E-state index contributed by atoms with van der Waals surface area (Å²) in [5.41, 5.74) is 6.17. The average molecular weight is 230 g/mol. The molecule has 6 heteroatoms. The lowest BCUT2D eigenvalue weighted by Gasteiger charge is -2.04. The van der Waals surface area contributed by atoms with Crippen LogP contribution in [0.4, 0.5) is 14.5 Å². The Labute approximate surface area is 91.4 Å². The number of carbonyl (C=O) groups is 1. The summed E-state index contributed by atoms with van der Waals surface area (Å²) in [6, 6.07) is 1.51. The van der Waals surface area contributed by atoms with Crippen molar-refractivity contribution in [3.05, 3.63) is 24.0 Å². The summed E-state index contributed by atoms with van der Waals surface area (Å²) in [6.45, 7) is -0.701. The minimum Gasteiger partial charge on any atom is -0.398 e. The second kappa shape index (κ2) is 6.12. The molecular formula is C10H12F2N2O2. The lowest BCUT2D eigenvalue weighted by atomic mass is 10.1. The molecule has 1 aromatic heterocycles. The van der Waals surface area contributed by atoms with Gasteiger partial charge in [-0.25, -0.2) is 8.78 Å². The van der Waals surface area contributed by atoms with Gasteiger partial charge in [0, 0.05) is 24.5 Å². The first-order valence-electron chi connectivity index (χ1n) is 4.70. The number of pyridine rings is 1. The van der Waals surface area contributed by atoms with Crippen LogP contribution in [0.5, 0.6) is 0 Å². The third kappa shape index (κ3) is 3.90. The molecule has 1 heterocycles. The van der Waals surface area contributed by atoms with Crippen LogP contribution in [-0.4, -0.2) is 30.4 Å². The second-order valence-electron chi connectivity index (χ2n) is 3.10. The first-order valence-corrected chi connectivity index (χ1v) is 4.70. The summed E-state index contributed by atoms with van der Waals surface area (Å²) in [7, 11) is 0. The molecule has 0 unspecified atom stereocenters. The van der Waals surface area contributed by atoms with Gasteiger partial charge in [-0.15, -0.1) is 0 Å². The minimum absolute atomic E-state index is 0.0165. The van der Waals surface area contributed by atoms with Crippen LogP contribution in [0.25, 0.3) is 0 Å². The number of ether oxygens (including phenoxy) is 1. The Balaban J connectivity index is 2.39. The van der Waals surface area contributed by atoms with Gasteiger partial charge >= 0.3 is 0 Å². The van der Waals surface area contributed by atoms with Crippen LogP contribution >= 0.6 is 0 Å². The van der Waals surface area contributed by atoms with Gasteiger partial charge in [-0.2, -0.15) is 0 Å². The van der Waals surface area contributed by atoms with Crippen molar-refractivity contribution in [3.63, 3.8) is 0 Å². The fourth-order valence-corrected chi connectivity index (χ4v) is 1.11. The molecule has 1 aromatic rings. The highest BCUT2D eigenvalue weighted by atomic mass is 19.3. The molecule has 0 radical (unpaired) electrons. The van der Waals surface area contributed by atoms with Crippen LogP contribution < -0.4 is 5.73 Å². The van der Waals surface area contributed by atoms with Crippen molar-refractivity contribution in [1.82, 2.24) is 4.98 Å². The fraction of sp³-hybridized carbons (Fsp3) is 0.400. The summed E-state index contributed by atoms with van der Waals surface area (Å²) in [6.07, 6.45) is 0.325. The van der Waals surface area contributed by atoms with E-state index in [0.29, 0.717) is 11.3 Å². The molecule has 0 aliphatic carbocycles. The van der Waals surface area contributed by atoms with Crippen molar-refractivity contribution in [3.8, 4) is 0 Å². The van der Waals surface area contributed by atoms with Crippen LogP contribution in [-0.2, 0) is 4.74 Å². The SMILES string of the molecule is Nc1ccncc1C(=O)CCOCC(F)F. The zero-order valence-electron chi connectivity index (χ0n) is 8.53. The van der Waals surface area contributed by atoms with Crippen LogP contribution in [0.15, 0.2) is 18.5 Å². The number of anilines is 1. The molecule has 0 saturated carbocycles. The van der Waals surface area contributed by atoms with Crippen LogP contribution in [0, 0.1) is 0 Å². The largest absolute Gasteiger partial charge is 0.398 e. The number of carbonyl (C=O) groups excluding carboxylic acids is 1. The summed E-state index contributed by atoms with van der Waals surface area (Å²) in [5.74, 6) is -0.264. The molecule has 0 aliphatic heterocycles. The lowest BCUT2D eigenvalue weighted by molar-refractivity contribution is 0.0170. The number of rotatable bonds is 6. The van der Waals surface area contributed by atoms with Gasteiger partial charge in [0.05, 0.1) is 12.2 Å². The highest BCUT2D eigenvalue weighted by Gasteiger charge is 2.10. The predicted molar refractivity (Wildman–Crippen MR) is 54.4 cm³/mol. The van der Waals surface area contributed by atoms with Crippen molar-refractivity contribution in [2.24, 2.45) is 0 Å². The Kier molecular flexibility index (Phi) is 4.78. The topological polar surface area (TPSA) is 65.2 Å². The molecule has 0 atom stereocenters. The van der Waals surface area contributed by atoms with Crippen molar-refractivity contribution >= 4 is 11.5 Å². The van der Waals surface area contributed by atoms with E-state index in [4.69, 9.17) is 5.73 Å². The molecule has 0 spiro atoms. The Morgan fingerprint density at radius 1 is 1.56 bits per heavy atom. The summed E-state index contributed by atoms with van der Waals surface area (Å²) in [4.78, 5) is 15.3. The lowest BCUT2D eigenvalue weighted by Crippen LogP contribution is -2.11. The van der Waals surface area contributed by atoms with Gasteiger partial charge in [-0.1, -0.05) is 0 Å². The van der Waals surface area contributed by atoms with Gasteiger partial charge < -0.3 is 10.5 Å². The molecule has 1 rings (SSSR count). The maximum Gasteiger partial charge on any atom is 0.261 e. The van der Waals surface area contributed by atoms with Crippen molar-refractivity contribution < 1.29 is 18.3 Å². The van der Waals surface area contributed by atoms with Crippen molar-refractivity contribution in [1.29, 1.82) is 0 Å². The molecule has 0 bridgehead atoms. The Bertz CT molecular complexity index is 358. The monoisotopic (exact) mass is 230 g/mol. The van der Waals surface area contributed by atoms with Crippen LogP contribution in [0.2, 0.25) is 0 Å². The first-order chi connectivity index (χ1) is 7.61. The van der Waals surface area contributed by atoms with Gasteiger partial charge in [0.25, 0.3) is 6.43 Å². The number of halogens is 2. The zero-order chi connectivity index (χ0) is 12.0. The number of hydrogen-bond acceptors (Lipinski definition) is 4. The van der Waals surface area contributed by atoms with E-state index < -0.39 is 13.0 Å². The standard InChI is InChI=1S/C10H12F2N2O2/c11-10(12)6-16-4-2-9(15)7-5-14-3-1-8(7)13/h1,3,5,10H,2,4,6H2,(H2,13,14). The van der Waals surface area contributed by atoms with E-state index in [1.165, 1.54) is 18.5 Å². The van der Waals surface area contributed by atoms with Gasteiger partial charge in [-0.05, 0) is 6.07 Å². The number of Topliss-reactive ketones (excluding diaryl/α,β-unsaturated/α-hetero) is 1. The first kappa shape index (κ1) is 12.5. The highest BCUT2D eigenvalue weighted by Crippen LogP contribution is 2.11. The maximum absolute atomic E-state index is 11.7. The normalized spacial score (nSPS) is 10.7. The van der Waals surface area contributed by atoms with Crippen LogP contribution in [0.3, 0.4) is 0 Å². The molecule has 0 saturated heterocycles. The molecule has 0 aliphatic rings. The van der Waals surface area contributed by atoms with Gasteiger partial charge in [0.2, 0.25) is 0 Å². The Morgan fingerprint density at radius 3 is 2.94 bits per heavy atom. The third-order valence-electron chi connectivity index (χ3n) is 1.87. The minimum atomic E-state index is -2.52. The number of alkyl halides is 2. The number of nitrogens with zero attached hydrogens (tertiary/aromatic N) is 1. The summed E-state index contributed by atoms with van der Waals surface area (Å²) in [5, 5.41) is 0. The Morgan fingerprint density at radius 2 is 2.31 bits per heavy atom. The smallest absolute Gasteiger partial charge is 0.261 e. The molecule has 16 heavy (non-hydrogen) atoms. The molecule has 4 nitrogen and oxygen atoms in total. The van der Waals surface area contributed by atoms with Crippen molar-refractivity contribution in [2.45, 2.75) is 12.8 Å². The van der Waals surface area contributed by atoms with E-state index in [9.17, 15) is 13.6 Å². The zero-order valence-corrected chi connectivity index (χ0v) is 8.53. The predicted octanol–water partition coefficient (Wildman–Crippen LogP) is 1.52. The molecule has 88 valence electrons. The molecule has 0 amide bonds. The van der Waals surface area contributed by atoms with Crippen LogP contribution in [0.1, 0.15) is 16.8 Å². The van der Waals surface area contributed by atoms with Gasteiger partial charge in [-0.3, -0.25) is 9.78 Å². The number of nitrogens with two attached hydrogens (primary N) is 1. The second-order valence-corrected chi connectivity index (χ2v) is 3.10. The van der Waals surface area contributed by atoms with E-state index >= 15 is 0 Å². The number of nitrogen functional groups attached to an aromatic ring is 1. The summed E-state index contributed by atoms with van der Waals surface area (Å²) < 4.78 is 28.0. The van der Waals surface area contributed by atoms with E-state index in [2.05, 4.69) is 9.72 Å². The molecule has 0 fully saturated rings. The van der Waals surface area contributed by atoms with Gasteiger partial charge in [0.1, 0.15) is 6.61 Å². The average Bonchev–Trinajstić information content (AvgIpc) is 2.24. The van der Waals surface area contributed by atoms with E-state index in [-0.39, 0.29) is 18.8 Å². The fourth-order valence-electron chi connectivity index (χ4n) is 1.11. The molecular weight excluding hydrogens is 218 g/mol. The van der Waals surface area contributed by atoms with E-state index in [0.717, 1.165) is 0 Å². The highest BCUT2D eigenvalue weighted by molar-refractivity contribution is 6.00. The molecule has 2 N–H and O–H groups in total. The van der Waals surface area contributed by atoms with E-state index in [1.54, 1.807) is 0 Å². The van der Waals surface area contributed by atoms with Gasteiger partial charge in [0.15, 0.2) is 5.78 Å². The number of aromatic nitrogens is 1. The third-order valence-corrected chi connectivity index (χ3v) is 1.87. The number of ketones is 1. The molecule has 0 aromatic carbocycles. The maximum atomic E-state index is 11.7. The Hall–Kier alpha value is -1.56. The van der Waals surface area contributed by atoms with E-state index in [1.807, 2.05) is 0 Å². The quantitative estimate of drug-likeness (QED) is 0.594. The summed E-state index contributed by atoms with van der Waals surface area (Å²) >= 11 is 0.